The summed E-state index contributed by atoms with van der Waals surface area (Å²) >= 11 is 12.1. The van der Waals surface area contributed by atoms with Gasteiger partial charge in [-0.1, -0.05) is 61.3 Å². The normalized spacial score (nSPS) is 17.1. The summed E-state index contributed by atoms with van der Waals surface area (Å²) in [7, 11) is -3.26. The Morgan fingerprint density at radius 3 is 2.06 bits per heavy atom. The Hall–Kier alpha value is -1.77. The van der Waals surface area contributed by atoms with Crippen LogP contribution in [0.4, 0.5) is 0 Å². The van der Waals surface area contributed by atoms with E-state index in [0.717, 1.165) is 16.8 Å². The summed E-state index contributed by atoms with van der Waals surface area (Å²) in [5.74, 6) is 0.0451. The van der Waals surface area contributed by atoms with Crippen molar-refractivity contribution in [3.05, 3.63) is 69.7 Å². The van der Waals surface area contributed by atoms with Gasteiger partial charge in [0.2, 0.25) is 10.0 Å². The molecule has 0 aliphatic carbocycles. The molecule has 0 saturated carbocycles. The monoisotopic (exact) mass is 495 g/mol. The van der Waals surface area contributed by atoms with Crippen LogP contribution in [0.5, 0.6) is 0 Å². The minimum atomic E-state index is -3.26. The molecule has 1 aliphatic rings. The Balaban J connectivity index is 1.79. The number of aliphatic imine (C=N–C) groups is 2. The van der Waals surface area contributed by atoms with Gasteiger partial charge in [0.15, 0.2) is 6.23 Å². The zero-order valence-corrected chi connectivity index (χ0v) is 20.6. The van der Waals surface area contributed by atoms with Gasteiger partial charge in [-0.25, -0.2) is 18.1 Å². The van der Waals surface area contributed by atoms with Crippen molar-refractivity contribution in [3.8, 4) is 0 Å². The summed E-state index contributed by atoms with van der Waals surface area (Å²) < 4.78 is 32.2. The summed E-state index contributed by atoms with van der Waals surface area (Å²) in [6.07, 6.45) is -0.473. The molecule has 0 spiro atoms. The lowest BCUT2D eigenvalue weighted by Crippen LogP contribution is -2.39. The van der Waals surface area contributed by atoms with Gasteiger partial charge < -0.3 is 4.74 Å². The molecule has 1 N–H and O–H groups in total. The molecule has 1 aliphatic heterocycles. The first-order valence-electron chi connectivity index (χ1n) is 10.3. The van der Waals surface area contributed by atoms with Gasteiger partial charge in [-0.15, -0.1) is 0 Å². The predicted molar refractivity (Wildman–Crippen MR) is 132 cm³/mol. The standard InChI is InChI=1S/C23H27Cl2N3O3S/c1-4-32(29,30)27-14-23(2,3)15-31-20-13-26-21(16-5-9-18(24)10-6-16)22(28-20)17-7-11-19(25)12-8-17/h5-12,20,27H,4,13-15H2,1-3H3. The van der Waals surface area contributed by atoms with Gasteiger partial charge in [-0.2, -0.15) is 0 Å². The fourth-order valence-corrected chi connectivity index (χ4v) is 4.08. The molecule has 172 valence electrons. The van der Waals surface area contributed by atoms with E-state index in [9.17, 15) is 8.42 Å². The first-order chi connectivity index (χ1) is 15.1. The highest BCUT2D eigenvalue weighted by Gasteiger charge is 2.26. The number of rotatable bonds is 9. The second kappa shape index (κ2) is 10.4. The molecule has 1 heterocycles. The summed E-state index contributed by atoms with van der Waals surface area (Å²) in [5.41, 5.74) is 2.86. The molecule has 0 saturated heterocycles. The molecule has 0 amide bonds. The minimum absolute atomic E-state index is 0.0451. The fraction of sp³-hybridized carbons (Fsp3) is 0.391. The number of ether oxygens (including phenoxy) is 1. The van der Waals surface area contributed by atoms with Gasteiger partial charge in [-0.3, -0.25) is 4.99 Å². The number of hydrogen-bond donors (Lipinski definition) is 1. The highest BCUT2D eigenvalue weighted by molar-refractivity contribution is 7.89. The number of hydrogen-bond acceptors (Lipinski definition) is 5. The Bertz CT molecular complexity index is 1100. The van der Waals surface area contributed by atoms with Crippen molar-refractivity contribution in [1.82, 2.24) is 4.72 Å². The van der Waals surface area contributed by atoms with E-state index >= 15 is 0 Å². The van der Waals surface area contributed by atoms with Gasteiger partial charge in [0.05, 0.1) is 30.3 Å². The van der Waals surface area contributed by atoms with Gasteiger partial charge in [-0.05, 0) is 31.2 Å². The maximum absolute atomic E-state index is 11.8. The van der Waals surface area contributed by atoms with E-state index in [0.29, 0.717) is 28.9 Å². The third-order valence-electron chi connectivity index (χ3n) is 4.96. The van der Waals surface area contributed by atoms with E-state index in [4.69, 9.17) is 37.9 Å². The first-order valence-corrected chi connectivity index (χ1v) is 12.7. The van der Waals surface area contributed by atoms with Crippen molar-refractivity contribution < 1.29 is 13.2 Å². The summed E-state index contributed by atoms with van der Waals surface area (Å²) in [5, 5.41) is 1.29. The van der Waals surface area contributed by atoms with E-state index in [1.165, 1.54) is 0 Å². The van der Waals surface area contributed by atoms with Crippen molar-refractivity contribution in [1.29, 1.82) is 0 Å². The maximum atomic E-state index is 11.8. The van der Waals surface area contributed by atoms with E-state index < -0.39 is 21.7 Å². The third-order valence-corrected chi connectivity index (χ3v) is 6.80. The Morgan fingerprint density at radius 1 is 1.00 bits per heavy atom. The lowest BCUT2D eigenvalue weighted by Gasteiger charge is -2.28. The predicted octanol–water partition coefficient (Wildman–Crippen LogP) is 4.59. The SMILES string of the molecule is CCS(=O)(=O)NCC(C)(C)COC1CN=C(c2ccc(Cl)cc2)C(c2ccc(Cl)cc2)=N1. The average Bonchev–Trinajstić information content (AvgIpc) is 2.78. The summed E-state index contributed by atoms with van der Waals surface area (Å²) in [6.45, 7) is 6.47. The highest BCUT2D eigenvalue weighted by atomic mass is 35.5. The van der Waals surface area contributed by atoms with Gasteiger partial charge in [0, 0.05) is 33.1 Å². The number of halogens is 2. The molecule has 6 nitrogen and oxygen atoms in total. The average molecular weight is 496 g/mol. The number of nitrogens with zero attached hydrogens (tertiary/aromatic N) is 2. The van der Waals surface area contributed by atoms with Crippen LogP contribution in [0, 0.1) is 5.41 Å². The van der Waals surface area contributed by atoms with Crippen LogP contribution in [0.25, 0.3) is 0 Å². The molecule has 0 aromatic heterocycles. The third kappa shape index (κ3) is 6.86. The lowest BCUT2D eigenvalue weighted by molar-refractivity contribution is 0.0138. The zero-order chi connectivity index (χ0) is 23.4. The van der Waals surface area contributed by atoms with Crippen LogP contribution in [-0.2, 0) is 14.8 Å². The molecular formula is C23H27Cl2N3O3S. The van der Waals surface area contributed by atoms with Crippen LogP contribution in [-0.4, -0.2) is 51.5 Å². The first kappa shape index (κ1) is 24.9. The molecule has 32 heavy (non-hydrogen) atoms. The summed E-state index contributed by atoms with van der Waals surface area (Å²) in [6, 6.07) is 14.9. The molecular weight excluding hydrogens is 469 g/mol. The zero-order valence-electron chi connectivity index (χ0n) is 18.3. The smallest absolute Gasteiger partial charge is 0.211 e. The highest BCUT2D eigenvalue weighted by Crippen LogP contribution is 2.21. The Morgan fingerprint density at radius 2 is 1.53 bits per heavy atom. The second-order valence-electron chi connectivity index (χ2n) is 8.34. The lowest BCUT2D eigenvalue weighted by atomic mass is 9.95. The Labute approximate surface area is 199 Å². The second-order valence-corrected chi connectivity index (χ2v) is 11.3. The maximum Gasteiger partial charge on any atom is 0.211 e. The van der Waals surface area contributed by atoms with Crippen LogP contribution in [0.1, 0.15) is 31.9 Å². The largest absolute Gasteiger partial charge is 0.354 e. The van der Waals surface area contributed by atoms with Crippen molar-refractivity contribution in [2.75, 3.05) is 25.4 Å². The summed E-state index contributed by atoms with van der Waals surface area (Å²) in [4.78, 5) is 9.60. The topological polar surface area (TPSA) is 80.1 Å². The van der Waals surface area contributed by atoms with Gasteiger partial charge >= 0.3 is 0 Å². The Kier molecular flexibility index (Phi) is 8.11. The molecule has 0 fully saturated rings. The molecule has 9 heteroatoms. The molecule has 2 aromatic carbocycles. The van der Waals surface area contributed by atoms with Crippen LogP contribution < -0.4 is 4.72 Å². The van der Waals surface area contributed by atoms with E-state index in [1.54, 1.807) is 6.92 Å². The van der Waals surface area contributed by atoms with Crippen LogP contribution >= 0.6 is 23.2 Å². The molecule has 0 bridgehead atoms. The van der Waals surface area contributed by atoms with Crippen LogP contribution in [0.15, 0.2) is 58.5 Å². The van der Waals surface area contributed by atoms with Crippen LogP contribution in [0.3, 0.4) is 0 Å². The van der Waals surface area contributed by atoms with Crippen molar-refractivity contribution in [2.45, 2.75) is 27.0 Å². The fourth-order valence-electron chi connectivity index (χ4n) is 3.02. The van der Waals surface area contributed by atoms with Gasteiger partial charge in [0.1, 0.15) is 0 Å². The van der Waals surface area contributed by atoms with Gasteiger partial charge in [0.25, 0.3) is 0 Å². The van der Waals surface area contributed by atoms with E-state index in [1.807, 2.05) is 62.4 Å². The molecule has 1 unspecified atom stereocenters. The van der Waals surface area contributed by atoms with E-state index in [-0.39, 0.29) is 12.3 Å². The molecule has 3 rings (SSSR count). The molecule has 0 radical (unpaired) electrons. The van der Waals surface area contributed by atoms with Crippen molar-refractivity contribution in [3.63, 3.8) is 0 Å². The number of sulfonamides is 1. The number of benzene rings is 2. The minimum Gasteiger partial charge on any atom is -0.354 e. The quantitative estimate of drug-likeness (QED) is 0.552. The van der Waals surface area contributed by atoms with Crippen molar-refractivity contribution in [2.24, 2.45) is 15.4 Å². The van der Waals surface area contributed by atoms with E-state index in [2.05, 4.69) is 4.72 Å². The molecule has 1 atom stereocenters. The molecule has 2 aromatic rings. The van der Waals surface area contributed by atoms with Crippen molar-refractivity contribution >= 4 is 44.6 Å². The van der Waals surface area contributed by atoms with Crippen LogP contribution in [0.2, 0.25) is 10.0 Å². The number of nitrogens with one attached hydrogen (secondary N) is 1.